The molecular formula is C8H10O7S2. The highest BCUT2D eigenvalue weighted by Gasteiger charge is 1.99. The fraction of sp³-hybridized carbons (Fsp3) is 0.250. The predicted octanol–water partition coefficient (Wildman–Crippen LogP) is -0.659. The van der Waals surface area contributed by atoms with Crippen molar-refractivity contribution < 1.29 is 31.0 Å². The molecule has 0 fully saturated rings. The maximum Gasteiger partial charge on any atom is 0.279 e. The van der Waals surface area contributed by atoms with E-state index in [1.807, 2.05) is 0 Å². The summed E-state index contributed by atoms with van der Waals surface area (Å²) in [7, 11) is -4.66. The molecule has 0 saturated heterocycles. The molecule has 0 heterocycles. The van der Waals surface area contributed by atoms with Crippen LogP contribution in [0.15, 0.2) is 25.0 Å². The number of hydrogen-bond acceptors (Lipinski definition) is 7. The Kier molecular flexibility index (Phi) is 7.55. The minimum Gasteiger partial charge on any atom is -0.460 e. The van der Waals surface area contributed by atoms with E-state index in [0.717, 1.165) is 10.7 Å². The molecule has 0 aromatic heterocycles. The van der Waals surface area contributed by atoms with Crippen molar-refractivity contribution in [3.63, 3.8) is 0 Å². The first-order chi connectivity index (χ1) is 7.91. The fourth-order valence-electron chi connectivity index (χ4n) is 0.551. The SMILES string of the molecule is C=C(OCC=S(=O)=O)OC(=C)OCC=S(=O)=O. The van der Waals surface area contributed by atoms with Crippen molar-refractivity contribution in [1.29, 1.82) is 0 Å². The van der Waals surface area contributed by atoms with Gasteiger partial charge < -0.3 is 14.2 Å². The molecule has 0 radical (unpaired) electrons. The minimum absolute atomic E-state index is 0.222. The Morgan fingerprint density at radius 2 is 1.24 bits per heavy atom. The minimum atomic E-state index is -2.33. The Balaban J connectivity index is 3.92. The lowest BCUT2D eigenvalue weighted by Crippen LogP contribution is -2.03. The molecule has 0 saturated carbocycles. The summed E-state index contributed by atoms with van der Waals surface area (Å²) < 4.78 is 54.6. The van der Waals surface area contributed by atoms with Gasteiger partial charge in [0.15, 0.2) is 0 Å². The lowest BCUT2D eigenvalue weighted by molar-refractivity contribution is 0.0172. The second kappa shape index (κ2) is 8.42. The van der Waals surface area contributed by atoms with Gasteiger partial charge in [-0.3, -0.25) is 0 Å². The summed E-state index contributed by atoms with van der Waals surface area (Å²) in [6.45, 7) is 6.12. The van der Waals surface area contributed by atoms with Crippen molar-refractivity contribution in [2.75, 3.05) is 13.2 Å². The molecule has 0 rings (SSSR count). The van der Waals surface area contributed by atoms with Crippen LogP contribution in [0.5, 0.6) is 0 Å². The average Bonchev–Trinajstić information content (AvgIpc) is 2.15. The monoisotopic (exact) mass is 282 g/mol. The molecule has 7 nitrogen and oxygen atoms in total. The molecular weight excluding hydrogens is 272 g/mol. The summed E-state index contributed by atoms with van der Waals surface area (Å²) in [5.74, 6) is -0.445. The van der Waals surface area contributed by atoms with Gasteiger partial charge in [-0.15, -0.1) is 0 Å². The molecule has 0 N–H and O–H groups in total. The van der Waals surface area contributed by atoms with Crippen LogP contribution < -0.4 is 0 Å². The van der Waals surface area contributed by atoms with Gasteiger partial charge in [0, 0.05) is 0 Å². The van der Waals surface area contributed by atoms with Crippen LogP contribution in [0.2, 0.25) is 0 Å². The topological polar surface area (TPSA) is 96.0 Å². The van der Waals surface area contributed by atoms with E-state index in [1.54, 1.807) is 0 Å². The molecule has 96 valence electrons. The van der Waals surface area contributed by atoms with Crippen LogP contribution in [0.3, 0.4) is 0 Å². The van der Waals surface area contributed by atoms with Crippen LogP contribution in [-0.2, 0) is 34.8 Å². The van der Waals surface area contributed by atoms with Crippen LogP contribution in [0, 0.1) is 0 Å². The van der Waals surface area contributed by atoms with Gasteiger partial charge in [0.2, 0.25) is 20.6 Å². The fourth-order valence-corrected chi connectivity index (χ4v) is 0.909. The normalized spacial score (nSPS) is 8.71. The first kappa shape index (κ1) is 15.3. The Labute approximate surface area is 101 Å². The van der Waals surface area contributed by atoms with Crippen LogP contribution in [-0.4, -0.2) is 40.8 Å². The highest BCUT2D eigenvalue weighted by Crippen LogP contribution is 2.04. The van der Waals surface area contributed by atoms with Crippen LogP contribution in [0.1, 0.15) is 0 Å². The number of ether oxygens (including phenoxy) is 3. The standard InChI is InChI=1S/C8H10O7S2/c1-7(13-3-5-16(9)10)15-8(2)14-4-6-17(11)12/h5-6H,1-4H2. The maximum atomic E-state index is 10.1. The van der Waals surface area contributed by atoms with E-state index in [4.69, 9.17) is 14.2 Å². The first-order valence-corrected chi connectivity index (χ1v) is 6.33. The lowest BCUT2D eigenvalue weighted by Gasteiger charge is -2.09. The van der Waals surface area contributed by atoms with E-state index < -0.39 is 20.6 Å². The Morgan fingerprint density at radius 3 is 1.53 bits per heavy atom. The van der Waals surface area contributed by atoms with E-state index in [0.29, 0.717) is 0 Å². The largest absolute Gasteiger partial charge is 0.460 e. The van der Waals surface area contributed by atoms with E-state index in [1.165, 1.54) is 0 Å². The lowest BCUT2D eigenvalue weighted by atomic mass is 10.8. The molecule has 9 heteroatoms. The van der Waals surface area contributed by atoms with Gasteiger partial charge in [0.1, 0.15) is 13.2 Å². The summed E-state index contributed by atoms with van der Waals surface area (Å²) in [5, 5.41) is 1.71. The maximum absolute atomic E-state index is 10.1. The predicted molar refractivity (Wildman–Crippen MR) is 61.2 cm³/mol. The van der Waals surface area contributed by atoms with Gasteiger partial charge in [-0.1, -0.05) is 0 Å². The zero-order valence-corrected chi connectivity index (χ0v) is 10.3. The molecule has 0 unspecified atom stereocenters. The van der Waals surface area contributed by atoms with Crippen molar-refractivity contribution in [3.8, 4) is 0 Å². The van der Waals surface area contributed by atoms with Crippen LogP contribution in [0.4, 0.5) is 0 Å². The van der Waals surface area contributed by atoms with Gasteiger partial charge in [0.25, 0.3) is 11.9 Å². The van der Waals surface area contributed by atoms with Crippen molar-refractivity contribution in [2.24, 2.45) is 0 Å². The number of rotatable bonds is 8. The third kappa shape index (κ3) is 10.5. The summed E-state index contributed by atoms with van der Waals surface area (Å²) in [6.07, 6.45) is 0. The Bertz CT molecular complexity index is 472. The summed E-state index contributed by atoms with van der Waals surface area (Å²) in [6, 6.07) is 0. The van der Waals surface area contributed by atoms with Crippen molar-refractivity contribution >= 4 is 31.3 Å². The molecule has 0 aliphatic heterocycles. The van der Waals surface area contributed by atoms with Crippen molar-refractivity contribution in [3.05, 3.63) is 25.0 Å². The molecule has 0 aliphatic rings. The molecule has 17 heavy (non-hydrogen) atoms. The van der Waals surface area contributed by atoms with Gasteiger partial charge in [0.05, 0.1) is 10.7 Å². The smallest absolute Gasteiger partial charge is 0.279 e. The van der Waals surface area contributed by atoms with Gasteiger partial charge in [-0.2, -0.15) is 16.8 Å². The molecule has 0 bridgehead atoms. The Hall–Kier alpha value is -1.74. The molecule has 0 aliphatic carbocycles. The summed E-state index contributed by atoms with van der Waals surface area (Å²) >= 11 is 0. The van der Waals surface area contributed by atoms with E-state index in [2.05, 4.69) is 13.2 Å². The van der Waals surface area contributed by atoms with E-state index in [9.17, 15) is 16.8 Å². The van der Waals surface area contributed by atoms with Crippen molar-refractivity contribution in [2.45, 2.75) is 0 Å². The third-order valence-corrected chi connectivity index (χ3v) is 1.94. The average molecular weight is 282 g/mol. The molecule has 0 spiro atoms. The molecule has 0 atom stereocenters. The third-order valence-electron chi connectivity index (χ3n) is 1.12. The van der Waals surface area contributed by atoms with E-state index >= 15 is 0 Å². The summed E-state index contributed by atoms with van der Waals surface area (Å²) in [5.41, 5.74) is 0. The second-order valence-corrected chi connectivity index (χ2v) is 4.03. The van der Waals surface area contributed by atoms with Crippen LogP contribution >= 0.6 is 0 Å². The van der Waals surface area contributed by atoms with Gasteiger partial charge in [-0.25, -0.2) is 0 Å². The zero-order valence-electron chi connectivity index (χ0n) is 8.66. The van der Waals surface area contributed by atoms with Crippen molar-refractivity contribution in [1.82, 2.24) is 0 Å². The zero-order chi connectivity index (χ0) is 13.3. The highest BCUT2D eigenvalue weighted by atomic mass is 32.2. The van der Waals surface area contributed by atoms with Crippen LogP contribution in [0.25, 0.3) is 0 Å². The second-order valence-electron chi connectivity index (χ2n) is 2.32. The van der Waals surface area contributed by atoms with Gasteiger partial charge >= 0.3 is 0 Å². The molecule has 0 aromatic carbocycles. The van der Waals surface area contributed by atoms with E-state index in [-0.39, 0.29) is 25.1 Å². The number of hydrogen-bond donors (Lipinski definition) is 0. The first-order valence-electron chi connectivity index (χ1n) is 4.06. The van der Waals surface area contributed by atoms with Gasteiger partial charge in [-0.05, 0) is 13.2 Å². The Morgan fingerprint density at radius 1 is 0.882 bits per heavy atom. The quantitative estimate of drug-likeness (QED) is 0.431. The molecule has 0 amide bonds. The highest BCUT2D eigenvalue weighted by molar-refractivity contribution is 7.71. The molecule has 0 aromatic rings. The summed E-state index contributed by atoms with van der Waals surface area (Å²) in [4.78, 5) is 0.